The van der Waals surface area contributed by atoms with Crippen molar-refractivity contribution in [2.75, 3.05) is 52.3 Å². The highest BCUT2D eigenvalue weighted by molar-refractivity contribution is 7.10. The summed E-state index contributed by atoms with van der Waals surface area (Å²) in [6.45, 7) is 5.76. The first kappa shape index (κ1) is 89.1. The second-order valence-corrected chi connectivity index (χ2v) is 31.7. The first-order valence-electron chi connectivity index (χ1n) is 38.8. The molecule has 0 radical (unpaired) electrons. The number of carbonyl (C=O) groups excluding carboxylic acids is 12. The molecular weight excluding hydrogens is 1670 g/mol. The molecule has 2 fully saturated rings. The first-order chi connectivity index (χ1) is 59.3. The number of fused-ring (bicyclic) bond motifs is 6. The summed E-state index contributed by atoms with van der Waals surface area (Å²) in [6, 6.07) is 24.9. The highest BCUT2D eigenvalue weighted by atomic mass is 32.1. The van der Waals surface area contributed by atoms with Crippen molar-refractivity contribution >= 4 is 106 Å². The lowest BCUT2D eigenvalue weighted by Crippen LogP contribution is -2.64. The number of esters is 8. The maximum absolute atomic E-state index is 15.0. The van der Waals surface area contributed by atoms with Gasteiger partial charge in [0.1, 0.15) is 37.9 Å². The number of aliphatic hydroxyl groups excluding tert-OH is 2. The van der Waals surface area contributed by atoms with E-state index in [2.05, 4.69) is 0 Å². The Kier molecular flexibility index (Phi) is 27.6. The summed E-state index contributed by atoms with van der Waals surface area (Å²) < 4.78 is 104. The molecule has 2 saturated heterocycles. The van der Waals surface area contributed by atoms with E-state index in [9.17, 15) is 58.2 Å². The average molecular weight is 1760 g/mol. The van der Waals surface area contributed by atoms with Gasteiger partial charge < -0.3 is 110 Å². The maximum atomic E-state index is 15.0. The molecule has 5 aromatic carbocycles. The van der Waals surface area contributed by atoms with Crippen LogP contribution in [0.3, 0.4) is 0 Å². The van der Waals surface area contributed by atoms with Crippen molar-refractivity contribution in [1.82, 2.24) is 14.7 Å². The maximum Gasteiger partial charge on any atom is 0.416 e. The molecule has 37 nitrogen and oxygen atoms in total. The van der Waals surface area contributed by atoms with E-state index in [1.807, 2.05) is 60.1 Å². The molecule has 6 aliphatic rings. The second kappa shape index (κ2) is 38.4. The number of ether oxygens (including phenoxy) is 18. The van der Waals surface area contributed by atoms with Crippen LogP contribution in [0.2, 0.25) is 0 Å². The summed E-state index contributed by atoms with van der Waals surface area (Å²) in [5, 5.41) is 29.0. The van der Waals surface area contributed by atoms with Gasteiger partial charge in [0.25, 0.3) is 11.8 Å². The van der Waals surface area contributed by atoms with E-state index in [0.29, 0.717) is 28.8 Å². The van der Waals surface area contributed by atoms with Crippen LogP contribution in [0, 0.1) is 0 Å². The zero-order chi connectivity index (χ0) is 88.8. The third-order valence-corrected chi connectivity index (χ3v) is 22.7. The Bertz CT molecular complexity index is 4920. The van der Waals surface area contributed by atoms with E-state index in [1.54, 1.807) is 0 Å². The fourth-order valence-corrected chi connectivity index (χ4v) is 17.3. The van der Waals surface area contributed by atoms with E-state index in [-0.39, 0.29) is 96.1 Å². The Morgan fingerprint density at radius 2 is 0.790 bits per heavy atom. The highest BCUT2D eigenvalue weighted by Crippen LogP contribution is 2.46. The molecule has 124 heavy (non-hydrogen) atoms. The fraction of sp³-hybridized carbons (Fsp3) is 0.412. The summed E-state index contributed by atoms with van der Waals surface area (Å²) >= 11 is 2.89. The lowest BCUT2D eigenvalue weighted by molar-refractivity contribution is -0.282. The Balaban J connectivity index is 0.748. The van der Waals surface area contributed by atoms with Gasteiger partial charge in [0.15, 0.2) is 72.1 Å². The molecule has 14 atom stereocenters. The predicted molar refractivity (Wildman–Crippen MR) is 428 cm³/mol. The smallest absolute Gasteiger partial charge is 0.416 e. The monoisotopic (exact) mass is 1760 g/mol. The number of amides is 4. The first-order valence-corrected chi connectivity index (χ1v) is 40.5. The van der Waals surface area contributed by atoms with E-state index in [0.717, 1.165) is 92.0 Å². The van der Waals surface area contributed by atoms with Crippen molar-refractivity contribution in [3.8, 4) is 34.5 Å². The van der Waals surface area contributed by atoms with Gasteiger partial charge >= 0.3 is 59.9 Å². The van der Waals surface area contributed by atoms with Gasteiger partial charge in [-0.2, -0.15) is 0 Å². The van der Waals surface area contributed by atoms with Gasteiger partial charge in [-0.15, -0.1) is 22.7 Å². The molecule has 6 aliphatic heterocycles. The van der Waals surface area contributed by atoms with E-state index in [1.165, 1.54) is 119 Å². The molecule has 0 bridgehead atoms. The Morgan fingerprint density at radius 3 is 1.14 bits per heavy atom. The van der Waals surface area contributed by atoms with Crippen molar-refractivity contribution in [2.24, 2.45) is 0 Å². The van der Waals surface area contributed by atoms with Crippen LogP contribution in [0.15, 0.2) is 114 Å². The number of carbonyl (C=O) groups is 12. The zero-order valence-electron chi connectivity index (χ0n) is 69.1. The Hall–Kier alpha value is -12.7. The molecule has 13 rings (SSSR count). The summed E-state index contributed by atoms with van der Waals surface area (Å²) in [5.74, 6) is -8.10. The van der Waals surface area contributed by atoms with Gasteiger partial charge in [0.2, 0.25) is 24.8 Å². The minimum absolute atomic E-state index is 0.0323. The molecule has 2 N–H and O–H groups in total. The molecule has 4 amide bonds. The van der Waals surface area contributed by atoms with Crippen LogP contribution in [0.25, 0.3) is 0 Å². The van der Waals surface area contributed by atoms with Crippen molar-refractivity contribution in [3.63, 3.8) is 0 Å². The standard InChI is InChI=1S/C85H89N5O32S2/c1-41(91)113-68-70(115-43(3)93)74(117-45(5)95)82(121-72(68)80(101)107-11)119-54-17-13-47(14-18-54)37-111-84(103)89-58-30-64(62(105-9)28-56(58)76(97)87-35-52-21-23-123-66(52)32-60(87)78(89)99)109-39-50-25-49(34-86(7)8)26-51(27-50)40-110-65-31-59-57(29-63(65)106-10)77(98)88-36-53-22-24-124-67(53)33-61(88)79(100)90(59)85(104)112-38-48-15-19-55(20-16-48)120-83-75(118-46(6)96)71(116-44(4)94)69(114-42(2)92)73(122-83)81(102)108-12/h13-31,60-61,68-75,78-79,82-83,99-100H,32-40H2,1-12H3/t60-,61-,68-,69-,70-,71-,72-,73-,74+,75+,78?,79?,82?,83?/m0/s1. The average Bonchev–Trinajstić information content (AvgIpc) is 1.61. The summed E-state index contributed by atoms with van der Waals surface area (Å²) in [4.78, 5) is 169. The fourth-order valence-electron chi connectivity index (χ4n) is 15.4. The largest absolute Gasteiger partial charge is 0.493 e. The van der Waals surface area contributed by atoms with Gasteiger partial charge in [-0.3, -0.25) is 38.4 Å². The molecule has 0 spiro atoms. The van der Waals surface area contributed by atoms with Crippen LogP contribution < -0.4 is 38.2 Å². The molecular formula is C85H89N5O32S2. The van der Waals surface area contributed by atoms with Crippen LogP contribution in [0.1, 0.15) is 111 Å². The minimum atomic E-state index is -1.73. The minimum Gasteiger partial charge on any atom is -0.493 e. The Morgan fingerprint density at radius 1 is 0.435 bits per heavy atom. The molecule has 2 aromatic heterocycles. The van der Waals surface area contributed by atoms with E-state index < -0.39 is 171 Å². The summed E-state index contributed by atoms with van der Waals surface area (Å²) in [5.41, 5.74) is 4.23. The zero-order valence-corrected chi connectivity index (χ0v) is 70.7. The van der Waals surface area contributed by atoms with Gasteiger partial charge in [0, 0.05) is 95.9 Å². The third-order valence-electron chi connectivity index (χ3n) is 20.8. The number of rotatable bonds is 26. The van der Waals surface area contributed by atoms with Crippen LogP contribution in [-0.2, 0) is 154 Å². The number of thiophene rings is 2. The summed E-state index contributed by atoms with van der Waals surface area (Å²) in [6.07, 6.45) is -21.8. The number of hydrogen-bond donors (Lipinski definition) is 2. The van der Waals surface area contributed by atoms with Gasteiger partial charge in [-0.05, 0) is 118 Å². The van der Waals surface area contributed by atoms with E-state index >= 15 is 9.59 Å². The number of aliphatic hydroxyl groups is 2. The molecule has 7 aromatic rings. The van der Waals surface area contributed by atoms with Crippen molar-refractivity contribution in [3.05, 3.63) is 174 Å². The SMILES string of the molecule is COC(=O)[C@H]1OC(Oc2ccc(COC(=O)N3c4cc(OCc5cc(COc6cc7c(cc6OC)C(=O)N6Cc8ccsc8C[C@H]6C(O)N7C(=O)OCc6ccc(OC7O[C@H](C(=O)OC)[C@@H](OC(C)=O)[C@H](OC(C)=O)[C@H]7OC(C)=O)cc6)cc(CN(C)C)c5)c(OC)cc4C(=O)N4Cc5ccsc5C[C@H]4C3O)cc2)[C@H](OC(C)=O)[C@@H](OC(C)=O)[C@@H]1OC(C)=O. The second-order valence-electron chi connectivity index (χ2n) is 29.7. The number of hydrogen-bond acceptors (Lipinski definition) is 35. The number of nitrogens with zero attached hydrogens (tertiary/aromatic N) is 5. The molecule has 0 saturated carbocycles. The van der Waals surface area contributed by atoms with Gasteiger partial charge in [-0.25, -0.2) is 29.0 Å². The van der Waals surface area contributed by atoms with Crippen LogP contribution in [0.5, 0.6) is 34.5 Å². The molecule has 39 heteroatoms. The molecule has 4 unspecified atom stereocenters. The lowest BCUT2D eigenvalue weighted by Gasteiger charge is -2.43. The predicted octanol–water partition coefficient (Wildman–Crippen LogP) is 7.27. The van der Waals surface area contributed by atoms with Crippen molar-refractivity contribution in [1.29, 1.82) is 0 Å². The molecule has 8 heterocycles. The number of methoxy groups -OCH3 is 4. The Labute approximate surface area is 717 Å². The van der Waals surface area contributed by atoms with Crippen LogP contribution in [-0.4, -0.2) is 225 Å². The van der Waals surface area contributed by atoms with Crippen LogP contribution >= 0.6 is 22.7 Å². The highest BCUT2D eigenvalue weighted by Gasteiger charge is 2.58. The van der Waals surface area contributed by atoms with Gasteiger partial charge in [-0.1, -0.05) is 36.4 Å². The summed E-state index contributed by atoms with van der Waals surface area (Å²) in [7, 11) is 8.61. The van der Waals surface area contributed by atoms with Crippen LogP contribution in [0.4, 0.5) is 21.0 Å². The quantitative estimate of drug-likeness (QED) is 0.0397. The molecule has 0 aliphatic carbocycles. The normalized spacial score (nSPS) is 22.9. The molecule has 658 valence electrons. The van der Waals surface area contributed by atoms with Crippen molar-refractivity contribution < 1.29 is 153 Å². The topological polar surface area (TPSA) is 428 Å². The third kappa shape index (κ3) is 19.7. The number of benzene rings is 5. The lowest BCUT2D eigenvalue weighted by atomic mass is 9.97. The van der Waals surface area contributed by atoms with E-state index in [4.69, 9.17) is 85.3 Å². The number of anilines is 2. The van der Waals surface area contributed by atoms with Crippen molar-refractivity contribution in [2.45, 2.75) is 186 Å². The van der Waals surface area contributed by atoms with Gasteiger partial charge in [0.05, 0.1) is 63.0 Å².